The first-order chi connectivity index (χ1) is 13.5. The number of fused-ring (bicyclic) bond motifs is 2. The smallest absolute Gasteiger partial charge is 0.337 e. The first kappa shape index (κ1) is 21.8. The third-order valence-corrected chi connectivity index (χ3v) is 6.73. The normalized spacial score (nSPS) is 25.0. The molecule has 3 rings (SSSR count). The Kier molecular flexibility index (Phi) is 5.83. The number of carboxylic acids is 1. The van der Waals surface area contributed by atoms with Crippen LogP contribution in [0.25, 0.3) is 0 Å². The average Bonchev–Trinajstić information content (AvgIpc) is 3.00. The van der Waals surface area contributed by atoms with Crippen molar-refractivity contribution in [2.75, 3.05) is 7.05 Å². The Labute approximate surface area is 174 Å². The van der Waals surface area contributed by atoms with Crippen molar-refractivity contribution in [3.05, 3.63) is 33.9 Å². The van der Waals surface area contributed by atoms with Crippen LogP contribution in [0.1, 0.15) is 98.5 Å². The van der Waals surface area contributed by atoms with Gasteiger partial charge >= 0.3 is 5.97 Å². The Morgan fingerprint density at radius 2 is 1.86 bits per heavy atom. The number of hydrogen-bond donors (Lipinski definition) is 2. The molecule has 1 fully saturated rings. The van der Waals surface area contributed by atoms with Crippen LogP contribution < -0.4 is 5.32 Å². The van der Waals surface area contributed by atoms with Crippen molar-refractivity contribution in [3.8, 4) is 0 Å². The van der Waals surface area contributed by atoms with E-state index in [1.807, 2.05) is 33.8 Å². The molecule has 5 nitrogen and oxygen atoms in total. The lowest BCUT2D eigenvalue weighted by Crippen LogP contribution is -2.34. The minimum absolute atomic E-state index is 0.0408. The van der Waals surface area contributed by atoms with Crippen molar-refractivity contribution in [3.63, 3.8) is 0 Å². The summed E-state index contributed by atoms with van der Waals surface area (Å²) < 4.78 is 6.07. The minimum Gasteiger partial charge on any atom is -0.479 e. The van der Waals surface area contributed by atoms with Gasteiger partial charge in [0.05, 0.1) is 5.60 Å². The summed E-state index contributed by atoms with van der Waals surface area (Å²) in [4.78, 5) is 25.0. The lowest BCUT2D eigenvalue weighted by molar-refractivity contribution is -0.160. The predicted octanol–water partition coefficient (Wildman–Crippen LogP) is 4.69. The van der Waals surface area contributed by atoms with Crippen molar-refractivity contribution in [1.82, 2.24) is 5.32 Å². The van der Waals surface area contributed by atoms with E-state index in [0.717, 1.165) is 60.8 Å². The summed E-state index contributed by atoms with van der Waals surface area (Å²) in [5.41, 5.74) is 3.80. The molecule has 2 N–H and O–H groups in total. The van der Waals surface area contributed by atoms with Gasteiger partial charge in [-0.3, -0.25) is 4.79 Å². The topological polar surface area (TPSA) is 75.6 Å². The third-order valence-electron chi connectivity index (χ3n) is 6.73. The third kappa shape index (κ3) is 4.07. The molecule has 0 bridgehead atoms. The highest BCUT2D eigenvalue weighted by Gasteiger charge is 2.46. The number of benzene rings is 1. The number of carboxylic acid groups (broad SMARTS) is 1. The van der Waals surface area contributed by atoms with Crippen LogP contribution in [-0.4, -0.2) is 29.6 Å². The Bertz CT molecular complexity index is 813. The van der Waals surface area contributed by atoms with E-state index in [2.05, 4.69) is 12.2 Å². The number of aliphatic carboxylic acids is 1. The second kappa shape index (κ2) is 7.75. The highest BCUT2D eigenvalue weighted by molar-refractivity contribution is 5.97. The number of nitrogens with one attached hydrogen (secondary N) is 1. The maximum absolute atomic E-state index is 12.6. The molecule has 1 saturated carbocycles. The van der Waals surface area contributed by atoms with Gasteiger partial charge in [-0.15, -0.1) is 0 Å². The molecule has 2 aliphatic rings. The van der Waals surface area contributed by atoms with Crippen LogP contribution in [0.4, 0.5) is 0 Å². The minimum atomic E-state index is -1.03. The fraction of sp³-hybridized carbons (Fsp3) is 0.667. The second-order valence-electron chi connectivity index (χ2n) is 10.00. The van der Waals surface area contributed by atoms with Gasteiger partial charge in [-0.2, -0.15) is 0 Å². The number of amides is 1. The van der Waals surface area contributed by atoms with E-state index < -0.39 is 17.7 Å². The molecule has 29 heavy (non-hydrogen) atoms. The van der Waals surface area contributed by atoms with E-state index in [4.69, 9.17) is 4.74 Å². The molecule has 0 saturated heterocycles. The maximum Gasteiger partial charge on any atom is 0.337 e. The van der Waals surface area contributed by atoms with Gasteiger partial charge in [0, 0.05) is 12.6 Å². The number of carbonyl (C=O) groups excluding carboxylic acids is 1. The van der Waals surface area contributed by atoms with Gasteiger partial charge in [0.1, 0.15) is 0 Å². The van der Waals surface area contributed by atoms with Crippen molar-refractivity contribution < 1.29 is 19.4 Å². The SMILES string of the molecule is CNC(=O)c1cc(C)c(C(OC(C)(C)C)C(=O)O)c2c1CCC21CCC(C)CC1. The first-order valence-corrected chi connectivity index (χ1v) is 10.8. The van der Waals surface area contributed by atoms with Gasteiger partial charge in [-0.05, 0) is 106 Å². The lowest BCUT2D eigenvalue weighted by Gasteiger charge is -2.40. The molecular formula is C24H35NO4. The standard InChI is InChI=1S/C24H35NO4/c1-14-7-10-24(11-8-14)12-9-16-17(21(26)25-6)13-15(2)18(19(16)24)20(22(27)28)29-23(3,4)5/h13-14,20H,7-12H2,1-6H3,(H,25,26)(H,27,28). The van der Waals surface area contributed by atoms with Crippen molar-refractivity contribution in [2.45, 2.75) is 90.3 Å². The Morgan fingerprint density at radius 1 is 1.24 bits per heavy atom. The molecule has 1 unspecified atom stereocenters. The molecule has 1 spiro atoms. The molecule has 0 radical (unpaired) electrons. The number of ether oxygens (including phenoxy) is 1. The molecule has 0 heterocycles. The van der Waals surface area contributed by atoms with Crippen LogP contribution in [0.15, 0.2) is 6.07 Å². The summed E-state index contributed by atoms with van der Waals surface area (Å²) >= 11 is 0. The highest BCUT2D eigenvalue weighted by atomic mass is 16.5. The zero-order valence-corrected chi connectivity index (χ0v) is 18.6. The fourth-order valence-corrected chi connectivity index (χ4v) is 5.31. The molecule has 0 aromatic heterocycles. The van der Waals surface area contributed by atoms with Crippen molar-refractivity contribution in [1.29, 1.82) is 0 Å². The zero-order valence-electron chi connectivity index (χ0n) is 18.6. The maximum atomic E-state index is 12.6. The van der Waals surface area contributed by atoms with Crippen LogP contribution in [0.5, 0.6) is 0 Å². The zero-order chi connectivity index (χ0) is 21.6. The molecule has 1 amide bonds. The number of rotatable bonds is 4. The monoisotopic (exact) mass is 401 g/mol. The van der Waals surface area contributed by atoms with Crippen LogP contribution in [0.3, 0.4) is 0 Å². The molecule has 2 aliphatic carbocycles. The van der Waals surface area contributed by atoms with E-state index >= 15 is 0 Å². The van der Waals surface area contributed by atoms with Gasteiger partial charge < -0.3 is 15.2 Å². The molecule has 160 valence electrons. The Hall–Kier alpha value is -1.88. The van der Waals surface area contributed by atoms with Gasteiger partial charge in [-0.25, -0.2) is 4.79 Å². The van der Waals surface area contributed by atoms with Crippen LogP contribution in [0, 0.1) is 12.8 Å². The fourth-order valence-electron chi connectivity index (χ4n) is 5.31. The van der Waals surface area contributed by atoms with E-state index in [1.165, 1.54) is 0 Å². The largest absolute Gasteiger partial charge is 0.479 e. The van der Waals surface area contributed by atoms with Crippen LogP contribution in [0.2, 0.25) is 0 Å². The molecule has 1 atom stereocenters. The summed E-state index contributed by atoms with van der Waals surface area (Å²) in [6, 6.07) is 1.86. The number of carbonyl (C=O) groups is 2. The molecule has 5 heteroatoms. The number of hydrogen-bond acceptors (Lipinski definition) is 3. The summed E-state index contributed by atoms with van der Waals surface area (Å²) in [6.45, 7) is 9.86. The van der Waals surface area contributed by atoms with Gasteiger partial charge in [0.2, 0.25) is 0 Å². The number of aryl methyl sites for hydroxylation is 1. The van der Waals surface area contributed by atoms with E-state index in [-0.39, 0.29) is 11.3 Å². The predicted molar refractivity (Wildman–Crippen MR) is 113 cm³/mol. The molecular weight excluding hydrogens is 366 g/mol. The summed E-state index contributed by atoms with van der Waals surface area (Å²) in [5, 5.41) is 12.9. The van der Waals surface area contributed by atoms with Crippen molar-refractivity contribution in [2.24, 2.45) is 5.92 Å². The van der Waals surface area contributed by atoms with Crippen LogP contribution >= 0.6 is 0 Å². The van der Waals surface area contributed by atoms with Crippen LogP contribution in [-0.2, 0) is 21.4 Å². The van der Waals surface area contributed by atoms with E-state index in [9.17, 15) is 14.7 Å². The Balaban J connectivity index is 2.25. The quantitative estimate of drug-likeness (QED) is 0.767. The van der Waals surface area contributed by atoms with E-state index in [1.54, 1.807) is 7.05 Å². The van der Waals surface area contributed by atoms with Crippen molar-refractivity contribution >= 4 is 11.9 Å². The lowest BCUT2D eigenvalue weighted by atomic mass is 9.65. The summed E-state index contributed by atoms with van der Waals surface area (Å²) in [6.07, 6.45) is 5.15. The van der Waals surface area contributed by atoms with Gasteiger partial charge in [0.25, 0.3) is 5.91 Å². The molecule has 1 aromatic rings. The molecule has 1 aromatic carbocycles. The van der Waals surface area contributed by atoms with Gasteiger partial charge in [-0.1, -0.05) is 6.92 Å². The average molecular weight is 402 g/mol. The van der Waals surface area contributed by atoms with E-state index in [0.29, 0.717) is 11.5 Å². The molecule has 0 aliphatic heterocycles. The summed E-state index contributed by atoms with van der Waals surface area (Å²) in [5.74, 6) is -0.373. The van der Waals surface area contributed by atoms with Gasteiger partial charge in [0.15, 0.2) is 6.10 Å². The summed E-state index contributed by atoms with van der Waals surface area (Å²) in [7, 11) is 1.65. The highest BCUT2D eigenvalue weighted by Crippen LogP contribution is 2.54. The Morgan fingerprint density at radius 3 is 2.38 bits per heavy atom. The second-order valence-corrected chi connectivity index (χ2v) is 10.00. The first-order valence-electron chi connectivity index (χ1n) is 10.8.